The minimum absolute atomic E-state index is 0.0521. The average molecular weight is 354 g/mol. The topological polar surface area (TPSA) is 60.3 Å². The molecule has 26 heavy (non-hydrogen) atoms. The molecule has 4 rings (SSSR count). The average Bonchev–Trinajstić information content (AvgIpc) is 3.24. The molecule has 2 aromatic rings. The molecule has 0 spiro atoms. The zero-order chi connectivity index (χ0) is 18.1. The Balaban J connectivity index is 1.52. The zero-order valence-electron chi connectivity index (χ0n) is 15.2. The highest BCUT2D eigenvalue weighted by molar-refractivity contribution is 6.01. The van der Waals surface area contributed by atoms with Crippen LogP contribution in [0.2, 0.25) is 0 Å². The molecule has 5 heteroatoms. The Morgan fingerprint density at radius 2 is 2.12 bits per heavy atom. The number of ether oxygens (including phenoxy) is 1. The molecule has 0 radical (unpaired) electrons. The first kappa shape index (κ1) is 17.3. The number of amides is 1. The molecule has 1 amide bonds. The molecule has 2 fully saturated rings. The van der Waals surface area contributed by atoms with E-state index in [4.69, 9.17) is 4.74 Å². The number of nitrogens with one attached hydrogen (secondary N) is 1. The van der Waals surface area contributed by atoms with Crippen LogP contribution in [0.1, 0.15) is 32.1 Å². The van der Waals surface area contributed by atoms with E-state index in [0.717, 1.165) is 22.9 Å². The monoisotopic (exact) mass is 354 g/mol. The highest BCUT2D eigenvalue weighted by Crippen LogP contribution is 2.49. The smallest absolute Gasteiger partial charge is 0.258 e. The molecular formula is C21H26N2O3. The molecule has 2 unspecified atom stereocenters. The van der Waals surface area contributed by atoms with Crippen molar-refractivity contribution < 1.29 is 9.53 Å². The predicted molar refractivity (Wildman–Crippen MR) is 102 cm³/mol. The van der Waals surface area contributed by atoms with Crippen molar-refractivity contribution in [2.45, 2.75) is 38.6 Å². The van der Waals surface area contributed by atoms with E-state index in [1.54, 1.807) is 17.9 Å². The molecule has 1 aromatic heterocycles. The van der Waals surface area contributed by atoms with Crippen molar-refractivity contribution in [2.24, 2.45) is 17.8 Å². The van der Waals surface area contributed by atoms with Crippen LogP contribution < -0.4 is 10.9 Å². The largest absolute Gasteiger partial charge is 0.383 e. The van der Waals surface area contributed by atoms with Crippen LogP contribution in [0.25, 0.3) is 10.8 Å². The van der Waals surface area contributed by atoms with Crippen LogP contribution in [0.4, 0.5) is 5.69 Å². The van der Waals surface area contributed by atoms with Gasteiger partial charge < -0.3 is 14.6 Å². The second-order valence-electron chi connectivity index (χ2n) is 7.76. The summed E-state index contributed by atoms with van der Waals surface area (Å²) in [7, 11) is 1.62. The first-order chi connectivity index (χ1) is 12.7. The SMILES string of the molecule is COCCn1ccc2c(NC(=O)CC3CC4CC[C@@H]3C4)cccc2c1=O. The van der Waals surface area contributed by atoms with Crippen LogP contribution in [0.3, 0.4) is 0 Å². The molecule has 2 bridgehead atoms. The molecule has 5 nitrogen and oxygen atoms in total. The van der Waals surface area contributed by atoms with Crippen molar-refractivity contribution in [2.75, 3.05) is 19.0 Å². The van der Waals surface area contributed by atoms with Gasteiger partial charge in [0, 0.05) is 42.7 Å². The van der Waals surface area contributed by atoms with E-state index in [0.29, 0.717) is 30.9 Å². The van der Waals surface area contributed by atoms with Crippen LogP contribution in [-0.2, 0) is 16.1 Å². The third-order valence-corrected chi connectivity index (χ3v) is 6.16. The van der Waals surface area contributed by atoms with Gasteiger partial charge in [-0.1, -0.05) is 12.5 Å². The van der Waals surface area contributed by atoms with Crippen LogP contribution in [0.15, 0.2) is 35.3 Å². The predicted octanol–water partition coefficient (Wildman–Crippen LogP) is 3.41. The zero-order valence-corrected chi connectivity index (χ0v) is 15.2. The summed E-state index contributed by atoms with van der Waals surface area (Å²) in [5.74, 6) is 2.20. The highest BCUT2D eigenvalue weighted by Gasteiger charge is 2.40. The number of aromatic nitrogens is 1. The Hall–Kier alpha value is -2.14. The molecule has 2 saturated carbocycles. The number of methoxy groups -OCH3 is 1. The van der Waals surface area contributed by atoms with Crippen molar-refractivity contribution in [1.29, 1.82) is 0 Å². The number of hydrogen-bond donors (Lipinski definition) is 1. The summed E-state index contributed by atoms with van der Waals surface area (Å²) in [6.45, 7) is 1.01. The first-order valence-electron chi connectivity index (χ1n) is 9.56. The van der Waals surface area contributed by atoms with Crippen LogP contribution in [-0.4, -0.2) is 24.2 Å². The lowest BCUT2D eigenvalue weighted by molar-refractivity contribution is -0.117. The summed E-state index contributed by atoms with van der Waals surface area (Å²) >= 11 is 0. The Kier molecular flexibility index (Phi) is 4.81. The Morgan fingerprint density at radius 3 is 2.85 bits per heavy atom. The van der Waals surface area contributed by atoms with Gasteiger partial charge in [0.25, 0.3) is 5.56 Å². The van der Waals surface area contributed by atoms with Gasteiger partial charge in [-0.3, -0.25) is 9.59 Å². The molecule has 0 aliphatic heterocycles. The number of pyridine rings is 1. The van der Waals surface area contributed by atoms with Gasteiger partial charge in [0.1, 0.15) is 0 Å². The van der Waals surface area contributed by atoms with Crippen LogP contribution in [0.5, 0.6) is 0 Å². The van der Waals surface area contributed by atoms with Crippen molar-refractivity contribution in [3.05, 3.63) is 40.8 Å². The number of benzene rings is 1. The van der Waals surface area contributed by atoms with E-state index in [-0.39, 0.29) is 11.5 Å². The lowest BCUT2D eigenvalue weighted by atomic mass is 9.86. The summed E-state index contributed by atoms with van der Waals surface area (Å²) in [6, 6.07) is 7.42. The van der Waals surface area contributed by atoms with E-state index in [9.17, 15) is 9.59 Å². The molecule has 2 aliphatic rings. The summed E-state index contributed by atoms with van der Waals surface area (Å²) < 4.78 is 6.70. The second kappa shape index (κ2) is 7.23. The fourth-order valence-electron chi connectivity index (χ4n) is 4.86. The van der Waals surface area contributed by atoms with Gasteiger partial charge in [0.2, 0.25) is 5.91 Å². The maximum atomic E-state index is 12.6. The van der Waals surface area contributed by atoms with Crippen molar-refractivity contribution >= 4 is 22.4 Å². The first-order valence-corrected chi connectivity index (χ1v) is 9.56. The Bertz CT molecular complexity index is 873. The third kappa shape index (κ3) is 3.28. The Labute approximate surface area is 153 Å². The lowest BCUT2D eigenvalue weighted by Crippen LogP contribution is -2.23. The van der Waals surface area contributed by atoms with Crippen LogP contribution >= 0.6 is 0 Å². The summed E-state index contributed by atoms with van der Waals surface area (Å²) in [6.07, 6.45) is 7.53. The van der Waals surface area contributed by atoms with Gasteiger partial charge >= 0.3 is 0 Å². The van der Waals surface area contributed by atoms with Gasteiger partial charge in [0.05, 0.1) is 6.61 Å². The van der Waals surface area contributed by atoms with E-state index < -0.39 is 0 Å². The summed E-state index contributed by atoms with van der Waals surface area (Å²) in [5, 5.41) is 4.47. The molecule has 1 aromatic carbocycles. The van der Waals surface area contributed by atoms with Gasteiger partial charge in [-0.05, 0) is 55.2 Å². The van der Waals surface area contributed by atoms with E-state index in [1.807, 2.05) is 24.3 Å². The van der Waals surface area contributed by atoms with Crippen LogP contribution in [0, 0.1) is 17.8 Å². The highest BCUT2D eigenvalue weighted by atomic mass is 16.5. The van der Waals surface area contributed by atoms with Gasteiger partial charge in [-0.15, -0.1) is 0 Å². The number of carbonyl (C=O) groups is 1. The third-order valence-electron chi connectivity index (χ3n) is 6.16. The molecule has 138 valence electrons. The molecular weight excluding hydrogens is 328 g/mol. The van der Waals surface area contributed by atoms with E-state index in [1.165, 1.54) is 25.7 Å². The molecule has 1 N–H and O–H groups in total. The normalized spacial score (nSPS) is 24.3. The van der Waals surface area contributed by atoms with Gasteiger partial charge in [0.15, 0.2) is 0 Å². The Morgan fingerprint density at radius 1 is 1.23 bits per heavy atom. The maximum absolute atomic E-state index is 12.6. The number of hydrogen-bond acceptors (Lipinski definition) is 3. The lowest BCUT2D eigenvalue weighted by Gasteiger charge is -2.21. The van der Waals surface area contributed by atoms with Crippen molar-refractivity contribution in [3.8, 4) is 0 Å². The summed E-state index contributed by atoms with van der Waals surface area (Å²) in [4.78, 5) is 25.2. The molecule has 1 heterocycles. The quantitative estimate of drug-likeness (QED) is 0.865. The van der Waals surface area contributed by atoms with Gasteiger partial charge in [-0.25, -0.2) is 0 Å². The second-order valence-corrected chi connectivity index (χ2v) is 7.76. The minimum atomic E-state index is -0.0521. The fourth-order valence-corrected chi connectivity index (χ4v) is 4.86. The number of anilines is 1. The van der Waals surface area contributed by atoms with Gasteiger partial charge in [-0.2, -0.15) is 0 Å². The number of fused-ring (bicyclic) bond motifs is 3. The minimum Gasteiger partial charge on any atom is -0.383 e. The standard InChI is InChI=1S/C21H26N2O3/c1-26-10-9-23-8-7-17-18(21(23)25)3-2-4-19(17)22-20(24)13-16-12-14-5-6-15(16)11-14/h2-4,7-8,14-16H,5-6,9-13H2,1H3,(H,22,24)/t14?,15-,16?/m1/s1. The van der Waals surface area contributed by atoms with Crippen molar-refractivity contribution in [3.63, 3.8) is 0 Å². The fraction of sp³-hybridized carbons (Fsp3) is 0.524. The van der Waals surface area contributed by atoms with Crippen molar-refractivity contribution in [1.82, 2.24) is 4.57 Å². The number of nitrogens with zero attached hydrogens (tertiary/aromatic N) is 1. The molecule has 3 atom stereocenters. The summed E-state index contributed by atoms with van der Waals surface area (Å²) in [5.41, 5.74) is 0.676. The van der Waals surface area contributed by atoms with E-state index >= 15 is 0 Å². The number of rotatable bonds is 6. The molecule has 2 aliphatic carbocycles. The molecule has 0 saturated heterocycles. The number of carbonyl (C=O) groups excluding carboxylic acids is 1. The van der Waals surface area contributed by atoms with E-state index in [2.05, 4.69) is 5.32 Å². The maximum Gasteiger partial charge on any atom is 0.258 e.